The van der Waals surface area contributed by atoms with Crippen LogP contribution in [0.4, 0.5) is 0 Å². The van der Waals surface area contributed by atoms with E-state index in [0.717, 1.165) is 33.6 Å². The average Bonchev–Trinajstić information content (AvgIpc) is 3.88. The molecule has 0 bridgehead atoms. The number of hydrogen-bond acceptors (Lipinski definition) is 2. The van der Waals surface area contributed by atoms with Crippen LogP contribution in [0, 0.1) is 0 Å². The fourth-order valence-electron chi connectivity index (χ4n) is 10.7. The molecule has 13 aromatic rings. The van der Waals surface area contributed by atoms with Gasteiger partial charge in [0.25, 0.3) is 0 Å². The lowest BCUT2D eigenvalue weighted by atomic mass is 9.97. The number of nitrogens with zero attached hydrogens (tertiary/aromatic N) is 4. The van der Waals surface area contributed by atoms with Gasteiger partial charge in [0.15, 0.2) is 8.07 Å². The summed E-state index contributed by atoms with van der Waals surface area (Å²) in [5.41, 5.74) is 6.80. The largest absolute Gasteiger partial charge is 0.309 e. The molecule has 4 nitrogen and oxygen atoms in total. The Morgan fingerprint density at radius 1 is 0.317 bits per heavy atom. The molecule has 0 saturated carbocycles. The van der Waals surface area contributed by atoms with E-state index in [9.17, 15) is 0 Å². The molecular weight excluding hydrogens is 781 g/mol. The van der Waals surface area contributed by atoms with Gasteiger partial charge < -0.3 is 4.57 Å². The highest BCUT2D eigenvalue weighted by Crippen LogP contribution is 2.42. The molecule has 13 rings (SSSR count). The van der Waals surface area contributed by atoms with E-state index in [2.05, 4.69) is 221 Å². The highest BCUT2D eigenvalue weighted by Gasteiger charge is 2.42. The third kappa shape index (κ3) is 5.14. The maximum Gasteiger partial charge on any atom is 0.179 e. The second kappa shape index (κ2) is 14.0. The van der Waals surface area contributed by atoms with Crippen molar-refractivity contribution in [2.24, 2.45) is 0 Å². The molecule has 0 amide bonds. The first-order valence-electron chi connectivity index (χ1n) is 21.6. The molecule has 4 heterocycles. The van der Waals surface area contributed by atoms with Crippen molar-refractivity contribution in [1.82, 2.24) is 19.1 Å². The molecule has 294 valence electrons. The Bertz CT molecular complexity index is 3820. The molecule has 0 fully saturated rings. The summed E-state index contributed by atoms with van der Waals surface area (Å²) in [5, 5.41) is 16.1. The lowest BCUT2D eigenvalue weighted by molar-refractivity contribution is 1.08. The Balaban J connectivity index is 1.18. The number of benzene rings is 9. The average molecular weight is 819 g/mol. The lowest BCUT2D eigenvalue weighted by Crippen LogP contribution is -2.74. The monoisotopic (exact) mass is 818 g/mol. The van der Waals surface area contributed by atoms with Gasteiger partial charge in [-0.05, 0) is 85.4 Å². The van der Waals surface area contributed by atoms with E-state index in [1.54, 1.807) is 0 Å². The molecule has 0 aliphatic heterocycles. The molecule has 5 heteroatoms. The van der Waals surface area contributed by atoms with Crippen molar-refractivity contribution in [3.05, 3.63) is 231 Å². The second-order valence-corrected chi connectivity index (χ2v) is 20.3. The second-order valence-electron chi connectivity index (χ2n) is 16.5. The molecule has 0 aliphatic rings. The first-order valence-corrected chi connectivity index (χ1v) is 23.6. The van der Waals surface area contributed by atoms with Crippen LogP contribution in [0.15, 0.2) is 231 Å². The van der Waals surface area contributed by atoms with Gasteiger partial charge in [0.2, 0.25) is 0 Å². The van der Waals surface area contributed by atoms with E-state index in [1.165, 1.54) is 74.7 Å². The standard InChI is InChI=1S/C58H38N4Si/c1-4-17-39(18-5-1)61-52-27-13-12-25-50(52)56-53(61)34-33-49-47-32-30-43(38-54(47)62(58(49)56)55-28-14-15-35-59-55)63(40-19-6-2-7-20-40,41-21-8-3-9-22-41)42-29-31-46-44-23-10-11-24-45(44)48-26-16-36-60-57(48)51(46)37-42/h1-38H. The summed E-state index contributed by atoms with van der Waals surface area (Å²) in [7, 11) is -3.07. The summed E-state index contributed by atoms with van der Waals surface area (Å²) < 4.78 is 4.83. The van der Waals surface area contributed by atoms with E-state index in [1.807, 2.05) is 18.5 Å². The molecule has 0 radical (unpaired) electrons. The van der Waals surface area contributed by atoms with E-state index in [0.29, 0.717) is 0 Å². The fourth-order valence-corrected chi connectivity index (χ4v) is 15.5. The zero-order valence-corrected chi connectivity index (χ0v) is 35.2. The molecule has 0 unspecified atom stereocenters. The van der Waals surface area contributed by atoms with Gasteiger partial charge in [-0.2, -0.15) is 0 Å². The molecule has 0 aliphatic carbocycles. The number of aromatic nitrogens is 4. The Kier molecular flexibility index (Phi) is 7.89. The number of rotatable bonds is 6. The van der Waals surface area contributed by atoms with Gasteiger partial charge in [-0.3, -0.25) is 9.55 Å². The molecule has 0 spiro atoms. The molecule has 63 heavy (non-hydrogen) atoms. The maximum absolute atomic E-state index is 5.09. The molecule has 9 aromatic carbocycles. The SMILES string of the molecule is c1ccc(-n2c3ccccc3c3c2ccc2c4ccc([Si](c5ccccc5)(c5ccccc5)c5ccc6c7ccccc7c7cccnc7c6c5)cc4n(-c4ccccn4)c23)cc1. The van der Waals surface area contributed by atoms with Gasteiger partial charge in [0.05, 0.1) is 27.6 Å². The summed E-state index contributed by atoms with van der Waals surface area (Å²) in [6, 6.07) is 80.5. The Hall–Kier alpha value is -8.12. The Labute approximate surface area is 364 Å². The van der Waals surface area contributed by atoms with Crippen LogP contribution in [-0.2, 0) is 0 Å². The topological polar surface area (TPSA) is 35.6 Å². The van der Waals surface area contributed by atoms with Crippen LogP contribution in [0.25, 0.3) is 87.6 Å². The minimum Gasteiger partial charge on any atom is -0.309 e. The van der Waals surface area contributed by atoms with Crippen molar-refractivity contribution in [2.75, 3.05) is 0 Å². The summed E-state index contributed by atoms with van der Waals surface area (Å²) in [4.78, 5) is 10.2. The van der Waals surface area contributed by atoms with Crippen LogP contribution < -0.4 is 20.7 Å². The van der Waals surface area contributed by atoms with Crippen molar-refractivity contribution in [2.45, 2.75) is 0 Å². The minimum atomic E-state index is -3.07. The van der Waals surface area contributed by atoms with Gasteiger partial charge >= 0.3 is 0 Å². The van der Waals surface area contributed by atoms with Crippen molar-refractivity contribution >= 4 is 105 Å². The summed E-state index contributed by atoms with van der Waals surface area (Å²) in [5.74, 6) is 0.889. The minimum absolute atomic E-state index is 0.889. The van der Waals surface area contributed by atoms with E-state index >= 15 is 0 Å². The summed E-state index contributed by atoms with van der Waals surface area (Å²) in [6.07, 6.45) is 3.84. The highest BCUT2D eigenvalue weighted by molar-refractivity contribution is 7.20. The summed E-state index contributed by atoms with van der Waals surface area (Å²) in [6.45, 7) is 0. The number of pyridine rings is 2. The Morgan fingerprint density at radius 2 is 0.889 bits per heavy atom. The van der Waals surface area contributed by atoms with Crippen molar-refractivity contribution in [3.63, 3.8) is 0 Å². The lowest BCUT2D eigenvalue weighted by Gasteiger charge is -2.35. The zero-order valence-electron chi connectivity index (χ0n) is 34.2. The van der Waals surface area contributed by atoms with Gasteiger partial charge in [0.1, 0.15) is 5.82 Å². The van der Waals surface area contributed by atoms with Crippen LogP contribution in [0.1, 0.15) is 0 Å². The van der Waals surface area contributed by atoms with Crippen molar-refractivity contribution in [3.8, 4) is 11.5 Å². The van der Waals surface area contributed by atoms with Crippen molar-refractivity contribution in [1.29, 1.82) is 0 Å². The fraction of sp³-hybridized carbons (Fsp3) is 0. The predicted octanol–water partition coefficient (Wildman–Crippen LogP) is 11.5. The van der Waals surface area contributed by atoms with Gasteiger partial charge in [-0.25, -0.2) is 4.98 Å². The van der Waals surface area contributed by atoms with Crippen LogP contribution in [0.5, 0.6) is 0 Å². The normalized spacial score (nSPS) is 12.1. The van der Waals surface area contributed by atoms with Gasteiger partial charge in [-0.1, -0.05) is 170 Å². The molecule has 4 aromatic heterocycles. The van der Waals surface area contributed by atoms with E-state index in [-0.39, 0.29) is 0 Å². The quantitative estimate of drug-likeness (QED) is 0.0952. The smallest absolute Gasteiger partial charge is 0.179 e. The molecule has 0 saturated heterocycles. The van der Waals surface area contributed by atoms with Crippen LogP contribution >= 0.6 is 0 Å². The third-order valence-corrected chi connectivity index (χ3v) is 18.1. The first kappa shape index (κ1) is 35.6. The van der Waals surface area contributed by atoms with E-state index in [4.69, 9.17) is 9.97 Å². The highest BCUT2D eigenvalue weighted by atomic mass is 28.3. The summed E-state index contributed by atoms with van der Waals surface area (Å²) >= 11 is 0. The van der Waals surface area contributed by atoms with Crippen molar-refractivity contribution < 1.29 is 0 Å². The predicted molar refractivity (Wildman–Crippen MR) is 267 cm³/mol. The van der Waals surface area contributed by atoms with E-state index < -0.39 is 8.07 Å². The van der Waals surface area contributed by atoms with Crippen LogP contribution in [-0.4, -0.2) is 27.2 Å². The van der Waals surface area contributed by atoms with Crippen LogP contribution in [0.2, 0.25) is 0 Å². The van der Waals surface area contributed by atoms with Crippen LogP contribution in [0.3, 0.4) is 0 Å². The Morgan fingerprint density at radius 3 is 1.62 bits per heavy atom. The molecule has 0 atom stereocenters. The number of hydrogen-bond donors (Lipinski definition) is 0. The molecule has 0 N–H and O–H groups in total. The first-order chi connectivity index (χ1) is 31.3. The zero-order chi connectivity index (χ0) is 41.5. The number of para-hydroxylation sites is 2. The third-order valence-electron chi connectivity index (χ3n) is 13.3. The molecular formula is C58H38N4Si. The van der Waals surface area contributed by atoms with Gasteiger partial charge in [-0.15, -0.1) is 0 Å². The number of fused-ring (bicyclic) bond motifs is 13. The van der Waals surface area contributed by atoms with Gasteiger partial charge in [0, 0.05) is 50.4 Å². The maximum atomic E-state index is 5.09.